The Morgan fingerprint density at radius 2 is 2.14 bits per heavy atom. The second kappa shape index (κ2) is 6.47. The molecule has 6 nitrogen and oxygen atoms in total. The van der Waals surface area contributed by atoms with E-state index in [0.717, 1.165) is 5.69 Å². The Balaban J connectivity index is 2.10. The third-order valence-electron chi connectivity index (χ3n) is 3.22. The maximum atomic E-state index is 12.0. The van der Waals surface area contributed by atoms with Crippen LogP contribution < -0.4 is 20.7 Å². The number of hydrogen-bond acceptors (Lipinski definition) is 4. The van der Waals surface area contributed by atoms with E-state index in [1.807, 2.05) is 36.9 Å². The van der Waals surface area contributed by atoms with Gasteiger partial charge < -0.3 is 20.7 Å². The molecule has 0 fully saturated rings. The van der Waals surface area contributed by atoms with Gasteiger partial charge in [0.1, 0.15) is 5.75 Å². The average molecular weight is 291 g/mol. The highest BCUT2D eigenvalue weighted by Crippen LogP contribution is 2.32. The van der Waals surface area contributed by atoms with Gasteiger partial charge >= 0.3 is 0 Å². The van der Waals surface area contributed by atoms with E-state index in [2.05, 4.69) is 5.32 Å². The number of carbonyl (C=O) groups is 2. The Morgan fingerprint density at radius 1 is 1.43 bits per heavy atom. The van der Waals surface area contributed by atoms with Crippen LogP contribution in [0.4, 0.5) is 5.69 Å². The molecule has 0 bridgehead atoms. The third-order valence-corrected chi connectivity index (χ3v) is 3.22. The Bertz CT molecular complexity index is 531. The zero-order chi connectivity index (χ0) is 15.4. The summed E-state index contributed by atoms with van der Waals surface area (Å²) in [6, 6.07) is 7.32. The number of nitrogens with two attached hydrogens (primary N) is 1. The number of amides is 2. The summed E-state index contributed by atoms with van der Waals surface area (Å²) in [6.07, 6.45) is -0.738. The van der Waals surface area contributed by atoms with Crippen LogP contribution in [0.15, 0.2) is 24.3 Å². The zero-order valence-electron chi connectivity index (χ0n) is 12.3. The van der Waals surface area contributed by atoms with Gasteiger partial charge in [-0.1, -0.05) is 26.0 Å². The topological polar surface area (TPSA) is 84.7 Å². The molecular formula is C15H21N3O3. The van der Waals surface area contributed by atoms with E-state index in [1.54, 1.807) is 6.07 Å². The molecule has 1 aliphatic heterocycles. The van der Waals surface area contributed by atoms with E-state index >= 15 is 0 Å². The monoisotopic (exact) mass is 291 g/mol. The first-order valence-electron chi connectivity index (χ1n) is 7.04. The zero-order valence-corrected chi connectivity index (χ0v) is 12.3. The quantitative estimate of drug-likeness (QED) is 0.828. The van der Waals surface area contributed by atoms with Gasteiger partial charge in [0.05, 0.1) is 18.8 Å². The van der Waals surface area contributed by atoms with E-state index in [-0.39, 0.29) is 19.0 Å². The predicted molar refractivity (Wildman–Crippen MR) is 80.1 cm³/mol. The van der Waals surface area contributed by atoms with Crippen LogP contribution >= 0.6 is 0 Å². The summed E-state index contributed by atoms with van der Waals surface area (Å²) in [5.41, 5.74) is 6.13. The van der Waals surface area contributed by atoms with Crippen LogP contribution in [0.1, 0.15) is 13.8 Å². The molecule has 1 unspecified atom stereocenters. The Kier molecular flexibility index (Phi) is 4.67. The van der Waals surface area contributed by atoms with Crippen molar-refractivity contribution in [1.82, 2.24) is 5.32 Å². The van der Waals surface area contributed by atoms with Crippen molar-refractivity contribution in [1.29, 1.82) is 0 Å². The summed E-state index contributed by atoms with van der Waals surface area (Å²) in [5, 5.41) is 2.87. The summed E-state index contributed by atoms with van der Waals surface area (Å²) in [6.45, 7) is 5.16. The number of anilines is 1. The van der Waals surface area contributed by atoms with E-state index in [0.29, 0.717) is 18.2 Å². The third kappa shape index (κ3) is 3.87. The number of nitrogens with zero attached hydrogens (tertiary/aromatic N) is 1. The lowest BCUT2D eigenvalue weighted by Gasteiger charge is -2.34. The van der Waals surface area contributed by atoms with Crippen LogP contribution in [0.25, 0.3) is 0 Å². The van der Waals surface area contributed by atoms with Gasteiger partial charge in [0.2, 0.25) is 5.91 Å². The molecule has 1 aliphatic rings. The van der Waals surface area contributed by atoms with Gasteiger partial charge in [0, 0.05) is 6.54 Å². The fraction of sp³-hybridized carbons (Fsp3) is 0.467. The predicted octanol–water partition coefficient (Wildman–Crippen LogP) is 0.511. The summed E-state index contributed by atoms with van der Waals surface area (Å²) in [5.74, 6) is 0.356. The lowest BCUT2D eigenvalue weighted by molar-refractivity contribution is -0.125. The first kappa shape index (κ1) is 15.2. The molecule has 114 valence electrons. The van der Waals surface area contributed by atoms with E-state index < -0.39 is 12.0 Å². The fourth-order valence-corrected chi connectivity index (χ4v) is 2.15. The number of fused-ring (bicyclic) bond motifs is 1. The van der Waals surface area contributed by atoms with Gasteiger partial charge in [-0.25, -0.2) is 0 Å². The van der Waals surface area contributed by atoms with Crippen LogP contribution in [-0.2, 0) is 9.59 Å². The average Bonchev–Trinajstić information content (AvgIpc) is 2.45. The smallest absolute Gasteiger partial charge is 0.260 e. The molecule has 1 heterocycles. The number of ether oxygens (including phenoxy) is 1. The summed E-state index contributed by atoms with van der Waals surface area (Å²) < 4.78 is 5.56. The lowest BCUT2D eigenvalue weighted by Crippen LogP contribution is -2.50. The molecule has 1 aromatic carbocycles. The fourth-order valence-electron chi connectivity index (χ4n) is 2.15. The number of primary amides is 1. The Morgan fingerprint density at radius 3 is 2.81 bits per heavy atom. The highest BCUT2D eigenvalue weighted by atomic mass is 16.5. The molecule has 3 N–H and O–H groups in total. The second-order valence-electron chi connectivity index (χ2n) is 5.56. The van der Waals surface area contributed by atoms with Gasteiger partial charge in [0.15, 0.2) is 6.10 Å². The van der Waals surface area contributed by atoms with Crippen LogP contribution in [0.3, 0.4) is 0 Å². The number of para-hydroxylation sites is 2. The van der Waals surface area contributed by atoms with Gasteiger partial charge in [-0.15, -0.1) is 0 Å². The van der Waals surface area contributed by atoms with Crippen molar-refractivity contribution in [2.45, 2.75) is 20.0 Å². The molecule has 0 spiro atoms. The molecule has 6 heteroatoms. The standard InChI is InChI=1S/C15H21N3O3/c1-10(2)7-17-14(19)9-18-8-13(15(16)20)21-12-6-4-3-5-11(12)18/h3-6,10,13H,7-9H2,1-2H3,(H2,16,20)(H,17,19). The van der Waals surface area contributed by atoms with Crippen LogP contribution in [0.5, 0.6) is 5.75 Å². The van der Waals surface area contributed by atoms with Gasteiger partial charge in [-0.3, -0.25) is 9.59 Å². The number of carbonyl (C=O) groups excluding carboxylic acids is 2. The maximum absolute atomic E-state index is 12.0. The van der Waals surface area contributed by atoms with Crippen molar-refractivity contribution in [3.63, 3.8) is 0 Å². The van der Waals surface area contributed by atoms with Crippen molar-refractivity contribution in [2.24, 2.45) is 11.7 Å². The van der Waals surface area contributed by atoms with Crippen molar-refractivity contribution in [2.75, 3.05) is 24.5 Å². The number of hydrogen-bond donors (Lipinski definition) is 2. The lowest BCUT2D eigenvalue weighted by atomic mass is 10.1. The van der Waals surface area contributed by atoms with Crippen LogP contribution in [-0.4, -0.2) is 37.6 Å². The molecular weight excluding hydrogens is 270 g/mol. The first-order valence-corrected chi connectivity index (χ1v) is 7.04. The molecule has 0 aliphatic carbocycles. The maximum Gasteiger partial charge on any atom is 0.260 e. The van der Waals surface area contributed by atoms with E-state index in [1.165, 1.54) is 0 Å². The molecule has 0 aromatic heterocycles. The van der Waals surface area contributed by atoms with Crippen LogP contribution in [0, 0.1) is 5.92 Å². The first-order chi connectivity index (χ1) is 9.97. The molecule has 2 rings (SSSR count). The molecule has 21 heavy (non-hydrogen) atoms. The summed E-state index contributed by atoms with van der Waals surface area (Å²) >= 11 is 0. The second-order valence-corrected chi connectivity index (χ2v) is 5.56. The van der Waals surface area contributed by atoms with Gasteiger partial charge in [-0.2, -0.15) is 0 Å². The van der Waals surface area contributed by atoms with Crippen molar-refractivity contribution >= 4 is 17.5 Å². The van der Waals surface area contributed by atoms with Gasteiger partial charge in [-0.05, 0) is 18.1 Å². The van der Waals surface area contributed by atoms with Gasteiger partial charge in [0.25, 0.3) is 5.91 Å². The minimum atomic E-state index is -0.738. The van der Waals surface area contributed by atoms with Crippen molar-refractivity contribution < 1.29 is 14.3 Å². The minimum absolute atomic E-state index is 0.0800. The number of nitrogens with one attached hydrogen (secondary N) is 1. The van der Waals surface area contributed by atoms with Crippen molar-refractivity contribution in [3.8, 4) is 5.75 Å². The highest BCUT2D eigenvalue weighted by molar-refractivity contribution is 5.85. The normalized spacial score (nSPS) is 17.1. The molecule has 1 aromatic rings. The van der Waals surface area contributed by atoms with E-state index in [4.69, 9.17) is 10.5 Å². The van der Waals surface area contributed by atoms with E-state index in [9.17, 15) is 9.59 Å². The molecule has 2 amide bonds. The molecule has 1 atom stereocenters. The Labute approximate surface area is 124 Å². The number of benzene rings is 1. The highest BCUT2D eigenvalue weighted by Gasteiger charge is 2.30. The van der Waals surface area contributed by atoms with Crippen LogP contribution in [0.2, 0.25) is 0 Å². The molecule has 0 saturated carbocycles. The minimum Gasteiger partial charge on any atom is -0.477 e. The molecule has 0 saturated heterocycles. The molecule has 0 radical (unpaired) electrons. The van der Waals surface area contributed by atoms with Crippen molar-refractivity contribution in [3.05, 3.63) is 24.3 Å². The largest absolute Gasteiger partial charge is 0.477 e. The summed E-state index contributed by atoms with van der Waals surface area (Å²) in [7, 11) is 0. The Hall–Kier alpha value is -2.24. The summed E-state index contributed by atoms with van der Waals surface area (Å²) in [4.78, 5) is 25.2. The number of rotatable bonds is 5. The SMILES string of the molecule is CC(C)CNC(=O)CN1CC(C(N)=O)Oc2ccccc21.